The van der Waals surface area contributed by atoms with Crippen LogP contribution in [-0.2, 0) is 16.1 Å². The third kappa shape index (κ3) is 4.28. The largest absolute Gasteiger partial charge is 0.378 e. The molecule has 1 unspecified atom stereocenters. The number of hydrogen-bond acceptors (Lipinski definition) is 4. The predicted molar refractivity (Wildman–Crippen MR) is 79.5 cm³/mol. The molecule has 1 fully saturated rings. The highest BCUT2D eigenvalue weighted by atomic mass is 16.5. The minimum absolute atomic E-state index is 0.0124. The van der Waals surface area contributed by atoms with Crippen LogP contribution in [0.1, 0.15) is 25.0 Å². The van der Waals surface area contributed by atoms with E-state index >= 15 is 0 Å². The molecule has 1 aromatic carbocycles. The molecule has 1 heterocycles. The van der Waals surface area contributed by atoms with Crippen molar-refractivity contribution in [3.63, 3.8) is 0 Å². The third-order valence-corrected chi connectivity index (χ3v) is 3.44. The van der Waals surface area contributed by atoms with Crippen molar-refractivity contribution in [3.05, 3.63) is 35.4 Å². The lowest BCUT2D eigenvalue weighted by atomic mass is 10.1. The smallest absolute Gasteiger partial charge is 0.239 e. The summed E-state index contributed by atoms with van der Waals surface area (Å²) < 4.78 is 5.44. The van der Waals surface area contributed by atoms with E-state index in [0.717, 1.165) is 12.1 Å². The van der Waals surface area contributed by atoms with Gasteiger partial charge in [0.25, 0.3) is 0 Å². The lowest BCUT2D eigenvalue weighted by Crippen LogP contribution is -2.54. The van der Waals surface area contributed by atoms with E-state index in [-0.39, 0.29) is 18.0 Å². The maximum Gasteiger partial charge on any atom is 0.239 e. The molecule has 21 heavy (non-hydrogen) atoms. The van der Waals surface area contributed by atoms with Gasteiger partial charge in [-0.25, -0.2) is 0 Å². The average Bonchev–Trinajstić information content (AvgIpc) is 2.48. The van der Waals surface area contributed by atoms with Crippen LogP contribution < -0.4 is 5.32 Å². The molecule has 5 heteroatoms. The molecule has 5 nitrogen and oxygen atoms in total. The van der Waals surface area contributed by atoms with E-state index in [2.05, 4.69) is 16.3 Å². The van der Waals surface area contributed by atoms with Crippen LogP contribution in [0.2, 0.25) is 0 Å². The highest BCUT2D eigenvalue weighted by molar-refractivity contribution is 5.82. The maximum atomic E-state index is 12.2. The van der Waals surface area contributed by atoms with Crippen molar-refractivity contribution in [2.24, 2.45) is 0 Å². The number of morpholine rings is 1. The molecule has 1 aromatic rings. The Balaban J connectivity index is 2.04. The number of amides is 1. The molecule has 1 amide bonds. The van der Waals surface area contributed by atoms with E-state index in [0.29, 0.717) is 25.3 Å². The Labute approximate surface area is 125 Å². The Morgan fingerprint density at radius 2 is 2.19 bits per heavy atom. The van der Waals surface area contributed by atoms with Gasteiger partial charge < -0.3 is 10.1 Å². The SMILES string of the molecule is CC(C)NC(=O)C1COCCN1Cc1ccc(C#N)cc1. The molecule has 0 saturated carbocycles. The molecule has 0 aliphatic carbocycles. The maximum absolute atomic E-state index is 12.2. The van der Waals surface area contributed by atoms with Crippen LogP contribution in [0.5, 0.6) is 0 Å². The molecule has 0 spiro atoms. The van der Waals surface area contributed by atoms with Gasteiger partial charge in [-0.05, 0) is 31.5 Å². The van der Waals surface area contributed by atoms with Gasteiger partial charge in [-0.2, -0.15) is 5.26 Å². The van der Waals surface area contributed by atoms with Crippen molar-refractivity contribution in [3.8, 4) is 6.07 Å². The second-order valence-electron chi connectivity index (χ2n) is 5.53. The van der Waals surface area contributed by atoms with Crippen molar-refractivity contribution in [1.82, 2.24) is 10.2 Å². The molecule has 2 rings (SSSR count). The Kier molecular flexibility index (Phi) is 5.32. The van der Waals surface area contributed by atoms with Gasteiger partial charge in [-0.1, -0.05) is 12.1 Å². The number of ether oxygens (including phenoxy) is 1. The Morgan fingerprint density at radius 1 is 1.48 bits per heavy atom. The lowest BCUT2D eigenvalue weighted by molar-refractivity contribution is -0.133. The van der Waals surface area contributed by atoms with E-state index in [1.807, 2.05) is 26.0 Å². The normalized spacial score (nSPS) is 19.2. The molecular formula is C16H21N3O2. The Morgan fingerprint density at radius 3 is 2.81 bits per heavy atom. The van der Waals surface area contributed by atoms with Gasteiger partial charge in [0.15, 0.2) is 0 Å². The summed E-state index contributed by atoms with van der Waals surface area (Å²) in [6, 6.07) is 9.46. The number of benzene rings is 1. The number of nitrogens with zero attached hydrogens (tertiary/aromatic N) is 2. The molecule has 1 aliphatic rings. The van der Waals surface area contributed by atoms with Crippen molar-refractivity contribution < 1.29 is 9.53 Å². The van der Waals surface area contributed by atoms with Crippen molar-refractivity contribution in [2.45, 2.75) is 32.5 Å². The predicted octanol–water partition coefficient (Wildman–Crippen LogP) is 1.28. The molecule has 1 atom stereocenters. The zero-order valence-electron chi connectivity index (χ0n) is 12.5. The minimum atomic E-state index is -0.253. The first-order valence-electron chi connectivity index (χ1n) is 7.21. The summed E-state index contributed by atoms with van der Waals surface area (Å²) in [5.74, 6) is 0.0124. The van der Waals surface area contributed by atoms with Gasteiger partial charge in [0.2, 0.25) is 5.91 Å². The van der Waals surface area contributed by atoms with E-state index in [1.165, 1.54) is 0 Å². The van der Waals surface area contributed by atoms with Crippen LogP contribution in [0.3, 0.4) is 0 Å². The van der Waals surface area contributed by atoms with Gasteiger partial charge in [-0.15, -0.1) is 0 Å². The van der Waals surface area contributed by atoms with E-state index in [1.54, 1.807) is 12.1 Å². The summed E-state index contributed by atoms with van der Waals surface area (Å²) in [7, 11) is 0. The summed E-state index contributed by atoms with van der Waals surface area (Å²) in [5.41, 5.74) is 1.74. The van der Waals surface area contributed by atoms with Crippen LogP contribution in [0.4, 0.5) is 0 Å². The first kappa shape index (κ1) is 15.5. The Hall–Kier alpha value is -1.90. The number of rotatable bonds is 4. The first-order chi connectivity index (χ1) is 10.1. The molecule has 0 aromatic heterocycles. The van der Waals surface area contributed by atoms with Gasteiger partial charge in [-0.3, -0.25) is 9.69 Å². The van der Waals surface area contributed by atoms with Crippen LogP contribution in [-0.4, -0.2) is 42.6 Å². The molecule has 0 bridgehead atoms. The summed E-state index contributed by atoms with van der Waals surface area (Å²) in [4.78, 5) is 14.4. The quantitative estimate of drug-likeness (QED) is 0.906. The fourth-order valence-electron chi connectivity index (χ4n) is 2.37. The zero-order chi connectivity index (χ0) is 15.2. The standard InChI is InChI=1S/C16H21N3O2/c1-12(2)18-16(20)15-11-21-8-7-19(15)10-14-5-3-13(9-17)4-6-14/h3-6,12,15H,7-8,10-11H2,1-2H3,(H,18,20). The summed E-state index contributed by atoms with van der Waals surface area (Å²) in [6.45, 7) is 6.39. The number of carbonyl (C=O) groups is 1. The zero-order valence-corrected chi connectivity index (χ0v) is 12.5. The third-order valence-electron chi connectivity index (χ3n) is 3.44. The second-order valence-corrected chi connectivity index (χ2v) is 5.53. The number of carbonyl (C=O) groups excluding carboxylic acids is 1. The van der Waals surface area contributed by atoms with Gasteiger partial charge in [0.1, 0.15) is 6.04 Å². The summed E-state index contributed by atoms with van der Waals surface area (Å²) in [5, 5.41) is 11.8. The second kappa shape index (κ2) is 7.21. The highest BCUT2D eigenvalue weighted by Gasteiger charge is 2.29. The Bertz CT molecular complexity index is 519. The summed E-state index contributed by atoms with van der Waals surface area (Å²) in [6.07, 6.45) is 0. The number of nitrogens with one attached hydrogen (secondary N) is 1. The van der Waals surface area contributed by atoms with E-state index in [9.17, 15) is 4.79 Å². The minimum Gasteiger partial charge on any atom is -0.378 e. The molecule has 112 valence electrons. The molecule has 0 radical (unpaired) electrons. The van der Waals surface area contributed by atoms with Crippen LogP contribution in [0, 0.1) is 11.3 Å². The lowest BCUT2D eigenvalue weighted by Gasteiger charge is -2.35. The number of nitriles is 1. The highest BCUT2D eigenvalue weighted by Crippen LogP contribution is 2.13. The fourth-order valence-corrected chi connectivity index (χ4v) is 2.37. The van der Waals surface area contributed by atoms with Crippen LogP contribution in [0.15, 0.2) is 24.3 Å². The van der Waals surface area contributed by atoms with Crippen molar-refractivity contribution in [2.75, 3.05) is 19.8 Å². The average molecular weight is 287 g/mol. The van der Waals surface area contributed by atoms with Crippen LogP contribution in [0.25, 0.3) is 0 Å². The van der Waals surface area contributed by atoms with Gasteiger partial charge in [0, 0.05) is 19.1 Å². The van der Waals surface area contributed by atoms with Crippen molar-refractivity contribution >= 4 is 5.91 Å². The van der Waals surface area contributed by atoms with E-state index < -0.39 is 0 Å². The summed E-state index contributed by atoms with van der Waals surface area (Å²) >= 11 is 0. The van der Waals surface area contributed by atoms with E-state index in [4.69, 9.17) is 10.00 Å². The molecular weight excluding hydrogens is 266 g/mol. The monoisotopic (exact) mass is 287 g/mol. The van der Waals surface area contributed by atoms with Gasteiger partial charge in [0.05, 0.1) is 24.8 Å². The molecule has 1 N–H and O–H groups in total. The van der Waals surface area contributed by atoms with Crippen LogP contribution >= 0.6 is 0 Å². The van der Waals surface area contributed by atoms with Crippen molar-refractivity contribution in [1.29, 1.82) is 5.26 Å². The fraction of sp³-hybridized carbons (Fsp3) is 0.500. The molecule has 1 saturated heterocycles. The molecule has 1 aliphatic heterocycles. The first-order valence-corrected chi connectivity index (χ1v) is 7.21. The number of hydrogen-bond donors (Lipinski definition) is 1. The van der Waals surface area contributed by atoms with Gasteiger partial charge >= 0.3 is 0 Å². The topological polar surface area (TPSA) is 65.4 Å².